The summed E-state index contributed by atoms with van der Waals surface area (Å²) in [5.41, 5.74) is 0.245. The van der Waals surface area contributed by atoms with E-state index in [0.717, 1.165) is 0 Å². The van der Waals surface area contributed by atoms with Crippen LogP contribution in [0.5, 0.6) is 0 Å². The normalized spacial score (nSPS) is 17.0. The molecule has 1 aromatic heterocycles. The lowest BCUT2D eigenvalue weighted by Gasteiger charge is -2.34. The largest absolute Gasteiger partial charge is 0.461 e. The average Bonchev–Trinajstić information content (AvgIpc) is 2.87. The molecule has 1 fully saturated rings. The fraction of sp³-hybridized carbons (Fsp3) is 0.667. The van der Waals surface area contributed by atoms with Crippen LogP contribution in [0.2, 0.25) is 0 Å². The minimum atomic E-state index is -4.17. The van der Waals surface area contributed by atoms with Crippen molar-refractivity contribution in [3.8, 4) is 0 Å². The van der Waals surface area contributed by atoms with Crippen LogP contribution in [0.15, 0.2) is 5.38 Å². The van der Waals surface area contributed by atoms with Crippen molar-refractivity contribution in [1.82, 2.24) is 9.88 Å². The maximum absolute atomic E-state index is 12.3. The van der Waals surface area contributed by atoms with E-state index in [4.69, 9.17) is 4.74 Å². The van der Waals surface area contributed by atoms with Crippen molar-refractivity contribution in [3.63, 3.8) is 0 Å². The van der Waals surface area contributed by atoms with Crippen LogP contribution < -0.4 is 4.90 Å². The molecule has 0 aromatic carbocycles. The second-order valence-corrected chi connectivity index (χ2v) is 5.45. The third kappa shape index (κ3) is 4.57. The molecule has 0 saturated carbocycles. The predicted molar refractivity (Wildman–Crippen MR) is 72.8 cm³/mol. The summed E-state index contributed by atoms with van der Waals surface area (Å²) in [5, 5.41) is 2.25. The number of anilines is 1. The van der Waals surface area contributed by atoms with Crippen molar-refractivity contribution < 1.29 is 22.7 Å². The molecule has 0 amide bonds. The molecule has 0 spiro atoms. The van der Waals surface area contributed by atoms with E-state index in [0.29, 0.717) is 31.3 Å². The van der Waals surface area contributed by atoms with Crippen LogP contribution in [0, 0.1) is 0 Å². The highest BCUT2D eigenvalue weighted by molar-refractivity contribution is 7.13. The number of rotatable bonds is 4. The highest BCUT2D eigenvalue weighted by Gasteiger charge is 2.32. The second kappa shape index (κ2) is 6.61. The number of alkyl halides is 3. The van der Waals surface area contributed by atoms with Gasteiger partial charge in [0.2, 0.25) is 0 Å². The van der Waals surface area contributed by atoms with Gasteiger partial charge in [0.25, 0.3) is 0 Å². The lowest BCUT2D eigenvalue weighted by molar-refractivity contribution is -0.146. The van der Waals surface area contributed by atoms with E-state index >= 15 is 0 Å². The molecule has 21 heavy (non-hydrogen) atoms. The summed E-state index contributed by atoms with van der Waals surface area (Å²) in [4.78, 5) is 19.0. The van der Waals surface area contributed by atoms with E-state index in [2.05, 4.69) is 4.98 Å². The number of hydrogen-bond donors (Lipinski definition) is 0. The third-order valence-electron chi connectivity index (χ3n) is 3.02. The van der Waals surface area contributed by atoms with Crippen LogP contribution in [-0.4, -0.2) is 61.4 Å². The standard InChI is InChI=1S/C12H16F3N3O2S/c1-2-20-10(19)9-7-21-11(16-9)18-5-3-17(4-6-18)8-12(13,14)15/h7H,2-6,8H2,1H3. The van der Waals surface area contributed by atoms with Crippen molar-refractivity contribution in [3.05, 3.63) is 11.1 Å². The lowest BCUT2D eigenvalue weighted by Crippen LogP contribution is -2.49. The Labute approximate surface area is 124 Å². The Kier molecular flexibility index (Phi) is 5.04. The van der Waals surface area contributed by atoms with Crippen LogP contribution >= 0.6 is 11.3 Å². The fourth-order valence-corrected chi connectivity index (χ4v) is 2.91. The number of ether oxygens (including phenoxy) is 1. The zero-order valence-electron chi connectivity index (χ0n) is 11.5. The minimum absolute atomic E-state index is 0.245. The van der Waals surface area contributed by atoms with Crippen LogP contribution in [0.25, 0.3) is 0 Å². The van der Waals surface area contributed by atoms with Crippen molar-refractivity contribution >= 4 is 22.4 Å². The highest BCUT2D eigenvalue weighted by atomic mass is 32.1. The molecule has 0 bridgehead atoms. The van der Waals surface area contributed by atoms with Gasteiger partial charge in [0.1, 0.15) is 0 Å². The number of aromatic nitrogens is 1. The van der Waals surface area contributed by atoms with Gasteiger partial charge >= 0.3 is 12.1 Å². The fourth-order valence-electron chi connectivity index (χ4n) is 2.06. The number of nitrogens with zero attached hydrogens (tertiary/aromatic N) is 3. The Bertz CT molecular complexity index is 484. The Morgan fingerprint density at radius 1 is 1.38 bits per heavy atom. The molecule has 1 aromatic rings. The Hall–Kier alpha value is -1.35. The Balaban J connectivity index is 1.89. The minimum Gasteiger partial charge on any atom is -0.461 e. The first-order chi connectivity index (χ1) is 9.89. The van der Waals surface area contributed by atoms with E-state index in [1.165, 1.54) is 16.2 Å². The number of halogens is 3. The van der Waals surface area contributed by atoms with Gasteiger partial charge in [-0.25, -0.2) is 9.78 Å². The summed E-state index contributed by atoms with van der Waals surface area (Å²) in [6.07, 6.45) is -4.17. The van der Waals surface area contributed by atoms with Crippen LogP contribution in [0.4, 0.5) is 18.3 Å². The van der Waals surface area contributed by atoms with E-state index in [9.17, 15) is 18.0 Å². The maximum Gasteiger partial charge on any atom is 0.401 e. The van der Waals surface area contributed by atoms with E-state index < -0.39 is 18.7 Å². The first-order valence-corrected chi connectivity index (χ1v) is 7.43. The van der Waals surface area contributed by atoms with Gasteiger partial charge in [-0.05, 0) is 6.92 Å². The Morgan fingerprint density at radius 3 is 2.62 bits per heavy atom. The van der Waals surface area contributed by atoms with Crippen LogP contribution in [-0.2, 0) is 4.74 Å². The lowest BCUT2D eigenvalue weighted by atomic mass is 10.3. The third-order valence-corrected chi connectivity index (χ3v) is 3.92. The summed E-state index contributed by atoms with van der Waals surface area (Å²) in [6, 6.07) is 0. The van der Waals surface area contributed by atoms with Crippen LogP contribution in [0.1, 0.15) is 17.4 Å². The molecule has 0 radical (unpaired) electrons. The molecule has 1 aliphatic rings. The van der Waals surface area contributed by atoms with Crippen molar-refractivity contribution in [2.45, 2.75) is 13.1 Å². The molecule has 0 atom stereocenters. The molecule has 0 aliphatic carbocycles. The molecule has 2 rings (SSSR count). The summed E-state index contributed by atoms with van der Waals surface area (Å²) >= 11 is 1.30. The monoisotopic (exact) mass is 323 g/mol. The molecule has 5 nitrogen and oxygen atoms in total. The topological polar surface area (TPSA) is 45.7 Å². The van der Waals surface area contributed by atoms with Gasteiger partial charge in [-0.1, -0.05) is 0 Å². The number of hydrogen-bond acceptors (Lipinski definition) is 6. The first-order valence-electron chi connectivity index (χ1n) is 6.55. The van der Waals surface area contributed by atoms with Gasteiger partial charge < -0.3 is 9.64 Å². The van der Waals surface area contributed by atoms with Gasteiger partial charge in [0, 0.05) is 31.6 Å². The first kappa shape index (κ1) is 16.0. The zero-order chi connectivity index (χ0) is 15.5. The summed E-state index contributed by atoms with van der Waals surface area (Å²) in [6.45, 7) is 2.69. The zero-order valence-corrected chi connectivity index (χ0v) is 12.3. The van der Waals surface area contributed by atoms with Gasteiger partial charge in [-0.3, -0.25) is 4.90 Å². The number of thiazole rings is 1. The second-order valence-electron chi connectivity index (χ2n) is 4.61. The Morgan fingerprint density at radius 2 is 2.05 bits per heavy atom. The summed E-state index contributed by atoms with van der Waals surface area (Å²) in [7, 11) is 0. The molecule has 1 aliphatic heterocycles. The smallest absolute Gasteiger partial charge is 0.401 e. The summed E-state index contributed by atoms with van der Waals surface area (Å²) in [5.74, 6) is -0.476. The molecule has 1 saturated heterocycles. The van der Waals surface area contributed by atoms with E-state index in [1.807, 2.05) is 4.90 Å². The number of carbonyl (C=O) groups excluding carboxylic acids is 1. The number of piperazine rings is 1. The molecular weight excluding hydrogens is 307 g/mol. The van der Waals surface area contributed by atoms with Crippen LogP contribution in [0.3, 0.4) is 0 Å². The van der Waals surface area contributed by atoms with Gasteiger partial charge in [-0.15, -0.1) is 11.3 Å². The maximum atomic E-state index is 12.3. The quantitative estimate of drug-likeness (QED) is 0.793. The van der Waals surface area contributed by atoms with E-state index in [1.54, 1.807) is 12.3 Å². The number of esters is 1. The molecular formula is C12H16F3N3O2S. The van der Waals surface area contributed by atoms with Crippen molar-refractivity contribution in [1.29, 1.82) is 0 Å². The molecule has 0 N–H and O–H groups in total. The molecule has 9 heteroatoms. The SMILES string of the molecule is CCOC(=O)c1csc(N2CCN(CC(F)(F)F)CC2)n1. The van der Waals surface area contributed by atoms with Crippen molar-refractivity contribution in [2.24, 2.45) is 0 Å². The predicted octanol–water partition coefficient (Wildman–Crippen LogP) is 2.00. The molecule has 118 valence electrons. The van der Waals surface area contributed by atoms with E-state index in [-0.39, 0.29) is 12.3 Å². The van der Waals surface area contributed by atoms with Crippen molar-refractivity contribution in [2.75, 3.05) is 44.2 Å². The number of carbonyl (C=O) groups is 1. The van der Waals surface area contributed by atoms with Gasteiger partial charge in [0.05, 0.1) is 13.2 Å². The highest BCUT2D eigenvalue weighted by Crippen LogP contribution is 2.23. The molecule has 2 heterocycles. The van der Waals surface area contributed by atoms with Gasteiger partial charge in [-0.2, -0.15) is 13.2 Å². The average molecular weight is 323 g/mol. The van der Waals surface area contributed by atoms with Gasteiger partial charge in [0.15, 0.2) is 10.8 Å². The summed E-state index contributed by atoms with van der Waals surface area (Å²) < 4.78 is 41.8. The molecule has 0 unspecified atom stereocenters.